The molecule has 2 unspecified atom stereocenters. The van der Waals surface area contributed by atoms with E-state index in [2.05, 4.69) is 0 Å². The summed E-state index contributed by atoms with van der Waals surface area (Å²) in [7, 11) is 0. The average Bonchev–Trinajstić information content (AvgIpc) is 2.12. The minimum atomic E-state index is -1.22. The molecule has 7 nitrogen and oxygen atoms in total. The Kier molecular flexibility index (Phi) is 4.18. The summed E-state index contributed by atoms with van der Waals surface area (Å²) in [5.74, 6) is 3.90. The third kappa shape index (κ3) is 2.90. The lowest BCUT2D eigenvalue weighted by atomic mass is 10.0. The van der Waals surface area contributed by atoms with Gasteiger partial charge in [-0.25, -0.2) is 5.84 Å². The van der Waals surface area contributed by atoms with Gasteiger partial charge in [0.05, 0.1) is 17.9 Å². The van der Waals surface area contributed by atoms with Crippen molar-refractivity contribution in [3.05, 3.63) is 0 Å². The SMILES string of the molecule is CC(O)C(=N)C(N)C(=N)C(=O)NN. The van der Waals surface area contributed by atoms with Crippen LogP contribution < -0.4 is 17.0 Å². The molecule has 0 saturated carbocycles. The number of nitrogens with one attached hydrogen (secondary N) is 3. The van der Waals surface area contributed by atoms with Crippen LogP contribution in [0.2, 0.25) is 0 Å². The zero-order valence-electron chi connectivity index (χ0n) is 7.16. The lowest BCUT2D eigenvalue weighted by molar-refractivity contribution is -0.115. The number of hydrogen-bond acceptors (Lipinski definition) is 6. The minimum absolute atomic E-state index is 0.298. The summed E-state index contributed by atoms with van der Waals surface area (Å²) in [6.07, 6.45) is -1.08. The predicted molar refractivity (Wildman–Crippen MR) is 47.4 cm³/mol. The summed E-state index contributed by atoms with van der Waals surface area (Å²) in [5, 5.41) is 23.3. The van der Waals surface area contributed by atoms with Crippen molar-refractivity contribution in [3.8, 4) is 0 Å². The fourth-order valence-corrected chi connectivity index (χ4v) is 0.634. The maximum Gasteiger partial charge on any atom is 0.280 e. The lowest BCUT2D eigenvalue weighted by Gasteiger charge is -2.14. The quantitative estimate of drug-likeness (QED) is 0.127. The first-order valence-electron chi connectivity index (χ1n) is 3.53. The van der Waals surface area contributed by atoms with Gasteiger partial charge in [-0.15, -0.1) is 0 Å². The third-order valence-corrected chi connectivity index (χ3v) is 1.47. The van der Waals surface area contributed by atoms with E-state index >= 15 is 0 Å². The van der Waals surface area contributed by atoms with Crippen molar-refractivity contribution < 1.29 is 9.90 Å². The van der Waals surface area contributed by atoms with Crippen LogP contribution in [0.5, 0.6) is 0 Å². The van der Waals surface area contributed by atoms with Gasteiger partial charge in [0.2, 0.25) is 0 Å². The molecule has 1 amide bonds. The Morgan fingerprint density at radius 1 is 1.54 bits per heavy atom. The lowest BCUT2D eigenvalue weighted by Crippen LogP contribution is -2.50. The van der Waals surface area contributed by atoms with Gasteiger partial charge in [-0.05, 0) is 6.92 Å². The van der Waals surface area contributed by atoms with E-state index in [0.717, 1.165) is 0 Å². The number of carbonyl (C=O) groups excluding carboxylic acids is 1. The molecule has 0 aliphatic rings. The predicted octanol–water partition coefficient (Wildman–Crippen LogP) is -2.28. The Labute approximate surface area is 75.1 Å². The van der Waals surface area contributed by atoms with Gasteiger partial charge in [0, 0.05) is 0 Å². The molecule has 8 N–H and O–H groups in total. The van der Waals surface area contributed by atoms with E-state index in [0.29, 0.717) is 0 Å². The largest absolute Gasteiger partial charge is 0.387 e. The molecule has 0 heterocycles. The normalized spacial score (nSPS) is 14.5. The van der Waals surface area contributed by atoms with Crippen molar-refractivity contribution in [2.45, 2.75) is 19.1 Å². The maximum atomic E-state index is 10.8. The van der Waals surface area contributed by atoms with Crippen LogP contribution in [0, 0.1) is 10.8 Å². The van der Waals surface area contributed by atoms with Crippen LogP contribution in [0.1, 0.15) is 6.92 Å². The van der Waals surface area contributed by atoms with Gasteiger partial charge in [-0.1, -0.05) is 0 Å². The molecule has 0 aliphatic heterocycles. The first-order valence-corrected chi connectivity index (χ1v) is 3.53. The van der Waals surface area contributed by atoms with Gasteiger partial charge >= 0.3 is 0 Å². The summed E-state index contributed by atoms with van der Waals surface area (Å²) >= 11 is 0. The number of hydrogen-bond donors (Lipinski definition) is 6. The summed E-state index contributed by atoms with van der Waals surface area (Å²) < 4.78 is 0. The molecule has 0 fully saturated rings. The van der Waals surface area contributed by atoms with Gasteiger partial charge in [-0.3, -0.25) is 15.6 Å². The fraction of sp³-hybridized carbons (Fsp3) is 0.500. The summed E-state index contributed by atoms with van der Waals surface area (Å²) in [5.41, 5.74) is 6.18. The van der Waals surface area contributed by atoms with Crippen molar-refractivity contribution in [2.24, 2.45) is 11.6 Å². The number of aliphatic hydroxyl groups is 1. The molecule has 0 aromatic carbocycles. The van der Waals surface area contributed by atoms with Crippen molar-refractivity contribution in [2.75, 3.05) is 0 Å². The fourth-order valence-electron chi connectivity index (χ4n) is 0.634. The zero-order valence-corrected chi connectivity index (χ0v) is 7.16. The molecule has 7 heteroatoms. The third-order valence-electron chi connectivity index (χ3n) is 1.47. The first-order chi connectivity index (χ1) is 5.91. The van der Waals surface area contributed by atoms with Gasteiger partial charge in [-0.2, -0.15) is 0 Å². The molecule has 2 atom stereocenters. The highest BCUT2D eigenvalue weighted by atomic mass is 16.3. The Hall–Kier alpha value is -1.31. The monoisotopic (exact) mass is 187 g/mol. The molecular formula is C6H13N5O2. The average molecular weight is 187 g/mol. The van der Waals surface area contributed by atoms with Crippen LogP contribution in [0.15, 0.2) is 0 Å². The smallest absolute Gasteiger partial charge is 0.280 e. The number of aliphatic hydroxyl groups excluding tert-OH is 1. The number of rotatable bonds is 4. The van der Waals surface area contributed by atoms with E-state index in [9.17, 15) is 4.79 Å². The zero-order chi connectivity index (χ0) is 10.6. The standard InChI is InChI=1S/C6H13N5O2/c1-2(12)3(7)4(8)5(9)6(13)11-10/h2,4,7,9,12H,8,10H2,1H3,(H,11,13). The van der Waals surface area contributed by atoms with Crippen molar-refractivity contribution >= 4 is 17.3 Å². The van der Waals surface area contributed by atoms with Gasteiger partial charge in [0.1, 0.15) is 5.71 Å². The Morgan fingerprint density at radius 3 is 2.31 bits per heavy atom. The van der Waals surface area contributed by atoms with Crippen molar-refractivity contribution in [3.63, 3.8) is 0 Å². The highest BCUT2D eigenvalue weighted by Crippen LogP contribution is 1.92. The summed E-state index contributed by atoms with van der Waals surface area (Å²) in [6.45, 7) is 1.33. The Morgan fingerprint density at radius 2 is 2.00 bits per heavy atom. The van der Waals surface area contributed by atoms with Gasteiger partial charge < -0.3 is 16.2 Å². The molecule has 0 spiro atoms. The van der Waals surface area contributed by atoms with E-state index in [1.807, 2.05) is 0 Å². The van der Waals surface area contributed by atoms with Crippen LogP contribution >= 0.6 is 0 Å². The van der Waals surface area contributed by atoms with E-state index in [1.165, 1.54) is 6.92 Å². The topological polar surface area (TPSA) is 149 Å². The highest BCUT2D eigenvalue weighted by Gasteiger charge is 2.23. The molecule has 0 rings (SSSR count). The van der Waals surface area contributed by atoms with Crippen LogP contribution in [0.3, 0.4) is 0 Å². The van der Waals surface area contributed by atoms with Crippen LogP contribution in [-0.2, 0) is 4.79 Å². The van der Waals surface area contributed by atoms with Gasteiger partial charge in [0.15, 0.2) is 0 Å². The molecular weight excluding hydrogens is 174 g/mol. The molecule has 13 heavy (non-hydrogen) atoms. The van der Waals surface area contributed by atoms with E-state index in [1.54, 1.807) is 5.43 Å². The number of amides is 1. The highest BCUT2D eigenvalue weighted by molar-refractivity contribution is 6.43. The molecule has 0 aliphatic carbocycles. The van der Waals surface area contributed by atoms with Crippen LogP contribution in [0.4, 0.5) is 0 Å². The molecule has 0 saturated heterocycles. The van der Waals surface area contributed by atoms with E-state index in [4.69, 9.17) is 27.5 Å². The Balaban J connectivity index is 4.43. The van der Waals surface area contributed by atoms with Crippen molar-refractivity contribution in [1.29, 1.82) is 10.8 Å². The summed E-state index contributed by atoms with van der Waals surface area (Å²) in [4.78, 5) is 10.8. The Bertz CT molecular complexity index is 237. The maximum absolute atomic E-state index is 10.8. The van der Waals surface area contributed by atoms with Gasteiger partial charge in [0.25, 0.3) is 5.91 Å². The molecule has 74 valence electrons. The molecule has 0 aromatic rings. The number of carbonyl (C=O) groups is 1. The molecule has 0 aromatic heterocycles. The number of hydrazine groups is 1. The number of nitrogens with two attached hydrogens (primary N) is 2. The second kappa shape index (κ2) is 4.65. The van der Waals surface area contributed by atoms with Crippen LogP contribution in [0.25, 0.3) is 0 Å². The first kappa shape index (κ1) is 11.7. The van der Waals surface area contributed by atoms with Crippen LogP contribution in [-0.4, -0.2) is 34.6 Å². The van der Waals surface area contributed by atoms with E-state index < -0.39 is 23.8 Å². The van der Waals surface area contributed by atoms with E-state index in [-0.39, 0.29) is 5.71 Å². The second-order valence-electron chi connectivity index (χ2n) is 2.50. The summed E-state index contributed by atoms with van der Waals surface area (Å²) in [6, 6.07) is -1.22. The molecule has 0 bridgehead atoms. The van der Waals surface area contributed by atoms with Crippen molar-refractivity contribution in [1.82, 2.24) is 5.43 Å². The minimum Gasteiger partial charge on any atom is -0.387 e. The molecule has 0 radical (unpaired) electrons. The second-order valence-corrected chi connectivity index (χ2v) is 2.50.